The van der Waals surface area contributed by atoms with Crippen molar-refractivity contribution in [2.75, 3.05) is 11.9 Å². The highest BCUT2D eigenvalue weighted by Crippen LogP contribution is 2.22. The summed E-state index contributed by atoms with van der Waals surface area (Å²) in [6.07, 6.45) is 1.48. The van der Waals surface area contributed by atoms with E-state index < -0.39 is 30.1 Å². The zero-order chi connectivity index (χ0) is 18.4. The molecule has 0 aliphatic heterocycles. The summed E-state index contributed by atoms with van der Waals surface area (Å²) in [6, 6.07) is 8.10. The van der Waals surface area contributed by atoms with Gasteiger partial charge in [-0.25, -0.2) is 13.6 Å². The van der Waals surface area contributed by atoms with Crippen molar-refractivity contribution in [3.05, 3.63) is 64.7 Å². The lowest BCUT2D eigenvalue weighted by atomic mass is 10.0. The predicted molar refractivity (Wildman–Crippen MR) is 90.5 cm³/mol. The molecule has 4 nitrogen and oxygen atoms in total. The molecule has 25 heavy (non-hydrogen) atoms. The van der Waals surface area contributed by atoms with Crippen LogP contribution in [0.2, 0.25) is 0 Å². The molecule has 0 atom stereocenters. The average Bonchev–Trinajstić information content (AvgIpc) is 2.58. The molecule has 0 aliphatic carbocycles. The first-order valence-electron chi connectivity index (χ1n) is 7.98. The molecule has 0 unspecified atom stereocenters. The molecule has 1 amide bonds. The van der Waals surface area contributed by atoms with Gasteiger partial charge in [-0.3, -0.25) is 4.79 Å². The smallest absolute Gasteiger partial charge is 0.338 e. The van der Waals surface area contributed by atoms with E-state index >= 15 is 0 Å². The third-order valence-electron chi connectivity index (χ3n) is 3.70. The Morgan fingerprint density at radius 3 is 2.08 bits per heavy atom. The van der Waals surface area contributed by atoms with Crippen LogP contribution in [0, 0.1) is 11.6 Å². The van der Waals surface area contributed by atoms with Crippen LogP contribution in [0.25, 0.3) is 0 Å². The van der Waals surface area contributed by atoms with Gasteiger partial charge in [0.1, 0.15) is 11.6 Å². The van der Waals surface area contributed by atoms with Crippen LogP contribution in [-0.2, 0) is 22.4 Å². The van der Waals surface area contributed by atoms with Gasteiger partial charge in [0.2, 0.25) is 0 Å². The van der Waals surface area contributed by atoms with E-state index in [0.29, 0.717) is 11.8 Å². The number of amides is 1. The van der Waals surface area contributed by atoms with Crippen molar-refractivity contribution in [2.24, 2.45) is 0 Å². The zero-order valence-corrected chi connectivity index (χ0v) is 14.1. The van der Waals surface area contributed by atoms with Crippen molar-refractivity contribution in [3.63, 3.8) is 0 Å². The first-order valence-corrected chi connectivity index (χ1v) is 7.98. The number of benzene rings is 2. The van der Waals surface area contributed by atoms with Crippen molar-refractivity contribution >= 4 is 17.6 Å². The molecule has 0 saturated carbocycles. The summed E-state index contributed by atoms with van der Waals surface area (Å²) < 4.78 is 31.1. The molecule has 0 fully saturated rings. The number of anilines is 1. The number of hydrogen-bond acceptors (Lipinski definition) is 3. The standard InChI is InChI=1S/C19H19F2NO3/c1-3-12-6-5-7-13(4-2)18(12)22-17(23)11-25-19(24)14-8-15(20)10-16(21)9-14/h5-10H,3-4,11H2,1-2H3,(H,22,23). The number of ether oxygens (including phenoxy) is 1. The second-order valence-corrected chi connectivity index (χ2v) is 5.44. The first kappa shape index (κ1) is 18.6. The molecular weight excluding hydrogens is 328 g/mol. The van der Waals surface area contributed by atoms with Crippen molar-refractivity contribution in [2.45, 2.75) is 26.7 Å². The number of para-hydroxylation sites is 1. The molecule has 0 heterocycles. The van der Waals surface area contributed by atoms with Crippen LogP contribution in [0.5, 0.6) is 0 Å². The fourth-order valence-electron chi connectivity index (χ4n) is 2.46. The third kappa shape index (κ3) is 4.86. The summed E-state index contributed by atoms with van der Waals surface area (Å²) in [7, 11) is 0. The Hall–Kier alpha value is -2.76. The summed E-state index contributed by atoms with van der Waals surface area (Å²) >= 11 is 0. The van der Waals surface area contributed by atoms with E-state index in [1.165, 1.54) is 0 Å². The van der Waals surface area contributed by atoms with Crippen molar-refractivity contribution in [3.8, 4) is 0 Å². The lowest BCUT2D eigenvalue weighted by molar-refractivity contribution is -0.119. The Bertz CT molecular complexity index is 748. The van der Waals surface area contributed by atoms with Gasteiger partial charge in [0.05, 0.1) is 5.56 Å². The normalized spacial score (nSPS) is 10.4. The Balaban J connectivity index is 2.03. The lowest BCUT2D eigenvalue weighted by Crippen LogP contribution is -2.22. The van der Waals surface area contributed by atoms with Gasteiger partial charge >= 0.3 is 5.97 Å². The molecule has 0 spiro atoms. The summed E-state index contributed by atoms with van der Waals surface area (Å²) in [5, 5.41) is 2.75. The molecule has 0 aromatic heterocycles. The van der Waals surface area contributed by atoms with Gasteiger partial charge in [-0.15, -0.1) is 0 Å². The van der Waals surface area contributed by atoms with Crippen LogP contribution >= 0.6 is 0 Å². The second-order valence-electron chi connectivity index (χ2n) is 5.44. The quantitative estimate of drug-likeness (QED) is 0.807. The highest BCUT2D eigenvalue weighted by atomic mass is 19.1. The minimum absolute atomic E-state index is 0.284. The van der Waals surface area contributed by atoms with Crippen molar-refractivity contribution < 1.29 is 23.1 Å². The van der Waals surface area contributed by atoms with E-state index in [0.717, 1.165) is 36.1 Å². The molecule has 2 aromatic carbocycles. The van der Waals surface area contributed by atoms with Crippen LogP contribution in [0.1, 0.15) is 35.3 Å². The summed E-state index contributed by atoms with van der Waals surface area (Å²) in [5.74, 6) is -3.25. The second kappa shape index (κ2) is 8.37. The number of esters is 1. The van der Waals surface area contributed by atoms with E-state index in [1.807, 2.05) is 32.0 Å². The minimum atomic E-state index is -0.965. The maximum absolute atomic E-state index is 13.1. The maximum atomic E-state index is 13.1. The Morgan fingerprint density at radius 1 is 1.00 bits per heavy atom. The minimum Gasteiger partial charge on any atom is -0.452 e. The number of carbonyl (C=O) groups is 2. The fourth-order valence-corrected chi connectivity index (χ4v) is 2.46. The molecule has 2 aromatic rings. The van der Waals surface area contributed by atoms with E-state index in [1.54, 1.807) is 0 Å². The molecule has 0 aliphatic rings. The number of aryl methyl sites for hydroxylation is 2. The fraction of sp³-hybridized carbons (Fsp3) is 0.263. The summed E-state index contributed by atoms with van der Waals surface area (Å²) in [5.41, 5.74) is 2.39. The largest absolute Gasteiger partial charge is 0.452 e. The predicted octanol–water partition coefficient (Wildman–Crippen LogP) is 3.89. The summed E-state index contributed by atoms with van der Waals surface area (Å²) in [6.45, 7) is 3.41. The summed E-state index contributed by atoms with van der Waals surface area (Å²) in [4.78, 5) is 23.9. The van der Waals surface area contributed by atoms with E-state index in [2.05, 4.69) is 5.32 Å². The monoisotopic (exact) mass is 347 g/mol. The van der Waals surface area contributed by atoms with Gasteiger partial charge in [0, 0.05) is 11.8 Å². The van der Waals surface area contributed by atoms with Crippen LogP contribution < -0.4 is 5.32 Å². The van der Waals surface area contributed by atoms with Crippen molar-refractivity contribution in [1.29, 1.82) is 0 Å². The highest BCUT2D eigenvalue weighted by Gasteiger charge is 2.14. The van der Waals surface area contributed by atoms with Crippen LogP contribution in [0.4, 0.5) is 14.5 Å². The van der Waals surface area contributed by atoms with Gasteiger partial charge in [-0.2, -0.15) is 0 Å². The number of carbonyl (C=O) groups excluding carboxylic acids is 2. The molecule has 132 valence electrons. The molecular formula is C19H19F2NO3. The van der Waals surface area contributed by atoms with Gasteiger partial charge in [-0.1, -0.05) is 32.0 Å². The first-order chi connectivity index (χ1) is 11.9. The lowest BCUT2D eigenvalue weighted by Gasteiger charge is -2.14. The van der Waals surface area contributed by atoms with Crippen molar-refractivity contribution in [1.82, 2.24) is 0 Å². The van der Waals surface area contributed by atoms with E-state index in [4.69, 9.17) is 4.74 Å². The molecule has 0 bridgehead atoms. The van der Waals surface area contributed by atoms with Crippen LogP contribution in [-0.4, -0.2) is 18.5 Å². The van der Waals surface area contributed by atoms with Crippen LogP contribution in [0.15, 0.2) is 36.4 Å². The zero-order valence-electron chi connectivity index (χ0n) is 14.1. The number of halogens is 2. The molecule has 6 heteroatoms. The van der Waals surface area contributed by atoms with E-state index in [-0.39, 0.29) is 5.56 Å². The number of nitrogens with one attached hydrogen (secondary N) is 1. The Labute approximate surface area is 144 Å². The number of rotatable bonds is 6. The average molecular weight is 347 g/mol. The van der Waals surface area contributed by atoms with Gasteiger partial charge in [0.15, 0.2) is 6.61 Å². The Kier molecular flexibility index (Phi) is 6.22. The van der Waals surface area contributed by atoms with Gasteiger partial charge < -0.3 is 10.1 Å². The van der Waals surface area contributed by atoms with Gasteiger partial charge in [-0.05, 0) is 36.1 Å². The topological polar surface area (TPSA) is 55.4 Å². The highest BCUT2D eigenvalue weighted by molar-refractivity contribution is 5.96. The Morgan fingerprint density at radius 2 is 1.56 bits per heavy atom. The molecule has 0 radical (unpaired) electrons. The maximum Gasteiger partial charge on any atom is 0.338 e. The van der Waals surface area contributed by atoms with E-state index in [9.17, 15) is 18.4 Å². The third-order valence-corrected chi connectivity index (χ3v) is 3.70. The molecule has 2 rings (SSSR count). The van der Waals surface area contributed by atoms with Gasteiger partial charge in [0.25, 0.3) is 5.91 Å². The number of hydrogen-bond donors (Lipinski definition) is 1. The SMILES string of the molecule is CCc1cccc(CC)c1NC(=O)COC(=O)c1cc(F)cc(F)c1. The molecule has 0 saturated heterocycles. The molecule has 1 N–H and O–H groups in total. The van der Waals surface area contributed by atoms with Crippen LogP contribution in [0.3, 0.4) is 0 Å².